The number of esters is 1. The second-order valence-corrected chi connectivity index (χ2v) is 6.60. The van der Waals surface area contributed by atoms with Gasteiger partial charge < -0.3 is 19.5 Å². The summed E-state index contributed by atoms with van der Waals surface area (Å²) >= 11 is 0. The van der Waals surface area contributed by atoms with E-state index in [1.807, 2.05) is 6.92 Å². The summed E-state index contributed by atoms with van der Waals surface area (Å²) in [6.07, 6.45) is 5.99. The predicted octanol–water partition coefficient (Wildman–Crippen LogP) is 2.56. The fourth-order valence-corrected chi connectivity index (χ4v) is 2.86. The van der Waals surface area contributed by atoms with E-state index < -0.39 is 24.5 Å². The topological polar surface area (TPSA) is 103 Å². The Labute approximate surface area is 164 Å². The van der Waals surface area contributed by atoms with E-state index in [4.69, 9.17) is 14.2 Å². The molecule has 0 atom stereocenters. The summed E-state index contributed by atoms with van der Waals surface area (Å²) in [4.78, 5) is 35.3. The van der Waals surface area contributed by atoms with Gasteiger partial charge in [0.25, 0.3) is 5.91 Å². The Bertz CT molecular complexity index is 658. The second-order valence-electron chi connectivity index (χ2n) is 6.60. The molecule has 0 saturated heterocycles. The van der Waals surface area contributed by atoms with Crippen molar-refractivity contribution in [3.05, 3.63) is 24.3 Å². The van der Waals surface area contributed by atoms with E-state index in [1.54, 1.807) is 24.3 Å². The lowest BCUT2D eigenvalue weighted by Crippen LogP contribution is -2.46. The van der Waals surface area contributed by atoms with E-state index in [0.29, 0.717) is 18.1 Å². The molecule has 0 radical (unpaired) electrons. The van der Waals surface area contributed by atoms with Gasteiger partial charge in [-0.05, 0) is 31.4 Å². The summed E-state index contributed by atoms with van der Waals surface area (Å²) in [5, 5.41) is 4.92. The molecular weight excluding hydrogens is 364 g/mol. The van der Waals surface area contributed by atoms with Crippen molar-refractivity contribution >= 4 is 17.9 Å². The molecule has 0 bridgehead atoms. The van der Waals surface area contributed by atoms with Crippen LogP contribution in [0, 0.1) is 0 Å². The maximum Gasteiger partial charge on any atom is 0.344 e. The first kappa shape index (κ1) is 21.5. The molecule has 28 heavy (non-hydrogen) atoms. The molecule has 1 aliphatic rings. The summed E-state index contributed by atoms with van der Waals surface area (Å²) in [5.41, 5.74) is 0. The number of amides is 3. The van der Waals surface area contributed by atoms with E-state index in [0.717, 1.165) is 32.1 Å². The average Bonchev–Trinajstić information content (AvgIpc) is 2.70. The fourth-order valence-electron chi connectivity index (χ4n) is 2.86. The highest BCUT2D eigenvalue weighted by atomic mass is 16.6. The molecule has 1 saturated carbocycles. The number of rotatable bonds is 9. The van der Waals surface area contributed by atoms with Crippen LogP contribution in [0.3, 0.4) is 0 Å². The van der Waals surface area contributed by atoms with Gasteiger partial charge in [0.05, 0.1) is 6.61 Å². The molecule has 2 N–H and O–H groups in total. The highest BCUT2D eigenvalue weighted by molar-refractivity contribution is 5.95. The minimum Gasteiger partial charge on any atom is -0.490 e. The molecule has 1 aromatic rings. The molecule has 154 valence electrons. The van der Waals surface area contributed by atoms with Crippen LogP contribution in [0.25, 0.3) is 0 Å². The first-order valence-corrected chi connectivity index (χ1v) is 9.69. The smallest absolute Gasteiger partial charge is 0.344 e. The number of ether oxygens (including phenoxy) is 3. The lowest BCUT2D eigenvalue weighted by molar-refractivity contribution is -0.150. The molecule has 3 amide bonds. The zero-order valence-electron chi connectivity index (χ0n) is 16.2. The van der Waals surface area contributed by atoms with Crippen molar-refractivity contribution in [3.63, 3.8) is 0 Å². The normalized spacial score (nSPS) is 14.0. The van der Waals surface area contributed by atoms with Crippen molar-refractivity contribution in [2.24, 2.45) is 0 Å². The summed E-state index contributed by atoms with van der Waals surface area (Å²) in [6.45, 7) is 1.61. The van der Waals surface area contributed by atoms with Crippen LogP contribution in [-0.4, -0.2) is 43.8 Å². The first-order valence-electron chi connectivity index (χ1n) is 9.69. The first-order chi connectivity index (χ1) is 13.6. The van der Waals surface area contributed by atoms with Crippen LogP contribution >= 0.6 is 0 Å². The molecule has 0 aromatic heterocycles. The highest BCUT2D eigenvalue weighted by Gasteiger charge is 2.17. The standard InChI is InChI=1S/C20H28N2O6/c1-2-12-26-16-10-6-7-11-17(16)27-14-19(24)28-13-18(23)22-20(25)21-15-8-4-3-5-9-15/h6-7,10-11,15H,2-5,8-9,12-14H2,1H3,(H2,21,22,23,25). The largest absolute Gasteiger partial charge is 0.490 e. The number of nitrogens with one attached hydrogen (secondary N) is 2. The third-order valence-corrected chi connectivity index (χ3v) is 4.21. The Morgan fingerprint density at radius 2 is 1.68 bits per heavy atom. The number of imide groups is 1. The lowest BCUT2D eigenvalue weighted by Gasteiger charge is -2.22. The quantitative estimate of drug-likeness (QED) is 0.626. The SMILES string of the molecule is CCCOc1ccccc1OCC(=O)OCC(=O)NC(=O)NC1CCCCC1. The lowest BCUT2D eigenvalue weighted by atomic mass is 9.96. The van der Waals surface area contributed by atoms with E-state index in [1.165, 1.54) is 6.42 Å². The van der Waals surface area contributed by atoms with Crippen LogP contribution in [0.5, 0.6) is 11.5 Å². The third-order valence-electron chi connectivity index (χ3n) is 4.21. The van der Waals surface area contributed by atoms with Crippen molar-refractivity contribution in [1.82, 2.24) is 10.6 Å². The Hall–Kier alpha value is -2.77. The van der Waals surface area contributed by atoms with Gasteiger partial charge >= 0.3 is 12.0 Å². The van der Waals surface area contributed by atoms with Crippen molar-refractivity contribution in [2.45, 2.75) is 51.5 Å². The van der Waals surface area contributed by atoms with Crippen LogP contribution in [-0.2, 0) is 14.3 Å². The molecule has 0 aliphatic heterocycles. The molecule has 8 heteroatoms. The van der Waals surface area contributed by atoms with Gasteiger partial charge in [-0.1, -0.05) is 38.3 Å². The van der Waals surface area contributed by atoms with Crippen LogP contribution in [0.2, 0.25) is 0 Å². The molecular formula is C20H28N2O6. The summed E-state index contributed by atoms with van der Waals surface area (Å²) in [6, 6.07) is 6.52. The number of urea groups is 1. The van der Waals surface area contributed by atoms with Gasteiger partial charge in [-0.25, -0.2) is 9.59 Å². The van der Waals surface area contributed by atoms with Crippen molar-refractivity contribution in [2.75, 3.05) is 19.8 Å². The Kier molecular flexibility index (Phi) is 9.10. The minimum atomic E-state index is -0.715. The molecule has 1 aliphatic carbocycles. The van der Waals surface area contributed by atoms with Crippen molar-refractivity contribution < 1.29 is 28.6 Å². The molecule has 0 heterocycles. The van der Waals surface area contributed by atoms with Gasteiger partial charge in [0, 0.05) is 6.04 Å². The number of hydrogen-bond donors (Lipinski definition) is 2. The van der Waals surface area contributed by atoms with Crippen LogP contribution in [0.15, 0.2) is 24.3 Å². The van der Waals surface area contributed by atoms with Gasteiger partial charge in [0.1, 0.15) is 0 Å². The number of hydrogen-bond acceptors (Lipinski definition) is 6. The second kappa shape index (κ2) is 11.8. The maximum absolute atomic E-state index is 11.8. The van der Waals surface area contributed by atoms with Crippen LogP contribution in [0.1, 0.15) is 45.4 Å². The van der Waals surface area contributed by atoms with Crippen LogP contribution < -0.4 is 20.1 Å². The highest BCUT2D eigenvalue weighted by Crippen LogP contribution is 2.26. The summed E-state index contributed by atoms with van der Waals surface area (Å²) in [7, 11) is 0. The van der Waals surface area contributed by atoms with Gasteiger partial charge in [-0.15, -0.1) is 0 Å². The van der Waals surface area contributed by atoms with E-state index in [-0.39, 0.29) is 12.6 Å². The number of benzene rings is 1. The summed E-state index contributed by atoms with van der Waals surface area (Å²) in [5.74, 6) is -0.444. The van der Waals surface area contributed by atoms with E-state index >= 15 is 0 Å². The molecule has 1 aromatic carbocycles. The Morgan fingerprint density at radius 1 is 1.00 bits per heavy atom. The van der Waals surface area contributed by atoms with Gasteiger partial charge in [0.15, 0.2) is 24.7 Å². The predicted molar refractivity (Wildman–Crippen MR) is 102 cm³/mol. The van der Waals surface area contributed by atoms with Crippen molar-refractivity contribution in [3.8, 4) is 11.5 Å². The Morgan fingerprint density at radius 3 is 2.36 bits per heavy atom. The van der Waals surface area contributed by atoms with Gasteiger partial charge in [-0.3, -0.25) is 10.1 Å². The number of carbonyl (C=O) groups excluding carboxylic acids is 3. The average molecular weight is 392 g/mol. The van der Waals surface area contributed by atoms with E-state index in [2.05, 4.69) is 10.6 Å². The minimum absolute atomic E-state index is 0.0903. The molecule has 2 rings (SSSR count). The van der Waals surface area contributed by atoms with Crippen LogP contribution in [0.4, 0.5) is 4.79 Å². The van der Waals surface area contributed by atoms with E-state index in [9.17, 15) is 14.4 Å². The Balaban J connectivity index is 1.66. The summed E-state index contributed by atoms with van der Waals surface area (Å²) < 4.78 is 15.8. The fraction of sp³-hybridized carbons (Fsp3) is 0.550. The molecule has 1 fully saturated rings. The molecule has 8 nitrogen and oxygen atoms in total. The zero-order valence-corrected chi connectivity index (χ0v) is 16.2. The van der Waals surface area contributed by atoms with Crippen molar-refractivity contribution in [1.29, 1.82) is 0 Å². The van der Waals surface area contributed by atoms with Gasteiger partial charge in [0.2, 0.25) is 0 Å². The maximum atomic E-state index is 11.8. The zero-order chi connectivity index (χ0) is 20.2. The molecule has 0 spiro atoms. The monoisotopic (exact) mass is 392 g/mol. The third kappa shape index (κ3) is 7.85. The number of para-hydroxylation sites is 2. The molecule has 0 unspecified atom stereocenters. The number of carbonyl (C=O) groups is 3. The van der Waals surface area contributed by atoms with Gasteiger partial charge in [-0.2, -0.15) is 0 Å².